The second kappa shape index (κ2) is 7.37. The third-order valence-corrected chi connectivity index (χ3v) is 6.51. The highest BCUT2D eigenvalue weighted by atomic mass is 35.5. The Hall–Kier alpha value is -1.91. The van der Waals surface area contributed by atoms with Crippen LogP contribution in [0.3, 0.4) is 0 Å². The van der Waals surface area contributed by atoms with Crippen molar-refractivity contribution < 1.29 is 4.79 Å². The number of benzene rings is 1. The average Bonchev–Trinajstić information content (AvgIpc) is 3.07. The normalized spacial score (nSPS) is 16.5. The van der Waals surface area contributed by atoms with E-state index >= 15 is 0 Å². The zero-order valence-corrected chi connectivity index (χ0v) is 16.1. The molecule has 1 fully saturated rings. The fraction of sp³-hybridized carbons (Fsp3) is 0.333. The van der Waals surface area contributed by atoms with Crippen molar-refractivity contribution in [2.24, 2.45) is 5.41 Å². The molecule has 4 rings (SSSR count). The fourth-order valence-electron chi connectivity index (χ4n) is 3.90. The molecular weight excluding hydrogens is 364 g/mol. The van der Waals surface area contributed by atoms with Crippen LogP contribution in [0.5, 0.6) is 0 Å². The van der Waals surface area contributed by atoms with Gasteiger partial charge in [-0.25, -0.2) is 0 Å². The van der Waals surface area contributed by atoms with Crippen molar-refractivity contribution >= 4 is 45.4 Å². The van der Waals surface area contributed by atoms with Crippen LogP contribution in [0.15, 0.2) is 48.7 Å². The largest absolute Gasteiger partial charge is 0.324 e. The summed E-state index contributed by atoms with van der Waals surface area (Å²) in [7, 11) is 0. The van der Waals surface area contributed by atoms with Crippen molar-refractivity contribution in [1.82, 2.24) is 4.98 Å². The predicted octanol–water partition coefficient (Wildman–Crippen LogP) is 6.08. The van der Waals surface area contributed by atoms with E-state index in [1.54, 1.807) is 17.5 Å². The molecule has 2 aromatic heterocycles. The summed E-state index contributed by atoms with van der Waals surface area (Å²) in [4.78, 5) is 18.9. The summed E-state index contributed by atoms with van der Waals surface area (Å²) in [6.45, 7) is 0. The molecule has 0 bridgehead atoms. The number of nitrogens with zero attached hydrogens (tertiary/aromatic N) is 1. The van der Waals surface area contributed by atoms with Gasteiger partial charge in [-0.05, 0) is 43.5 Å². The summed E-state index contributed by atoms with van der Waals surface area (Å²) < 4.78 is 0.782. The molecule has 1 aliphatic rings. The third kappa shape index (κ3) is 3.62. The number of anilines is 1. The van der Waals surface area contributed by atoms with E-state index in [1.807, 2.05) is 42.5 Å². The summed E-state index contributed by atoms with van der Waals surface area (Å²) in [5.41, 5.74) is 1.35. The van der Waals surface area contributed by atoms with Crippen LogP contribution >= 0.6 is 22.9 Å². The smallest absolute Gasteiger partial charge is 0.230 e. The van der Waals surface area contributed by atoms with Gasteiger partial charge in [-0.3, -0.25) is 9.78 Å². The van der Waals surface area contributed by atoms with Crippen LogP contribution < -0.4 is 5.32 Å². The zero-order chi connectivity index (χ0) is 18.0. The molecule has 0 unspecified atom stereocenters. The summed E-state index contributed by atoms with van der Waals surface area (Å²) in [5, 5.41) is 4.18. The molecular formula is C21H21ClN2OS. The van der Waals surface area contributed by atoms with Crippen molar-refractivity contribution in [3.63, 3.8) is 0 Å². The number of hydrogen-bond donors (Lipinski definition) is 1. The van der Waals surface area contributed by atoms with Crippen molar-refractivity contribution in [1.29, 1.82) is 0 Å². The predicted molar refractivity (Wildman–Crippen MR) is 109 cm³/mol. The lowest BCUT2D eigenvalue weighted by atomic mass is 9.70. The molecule has 3 aromatic rings. The van der Waals surface area contributed by atoms with Gasteiger partial charge in [0.2, 0.25) is 5.91 Å². The Kier molecular flexibility index (Phi) is 4.96. The Labute approximate surface area is 162 Å². The van der Waals surface area contributed by atoms with Crippen molar-refractivity contribution in [3.05, 3.63) is 57.9 Å². The van der Waals surface area contributed by atoms with Gasteiger partial charge in [0.15, 0.2) is 0 Å². The highest BCUT2D eigenvalue weighted by Crippen LogP contribution is 2.42. The Morgan fingerprint density at radius 1 is 1.15 bits per heavy atom. The van der Waals surface area contributed by atoms with Crippen LogP contribution in [0.25, 0.3) is 10.9 Å². The molecule has 1 aliphatic carbocycles. The molecule has 1 saturated carbocycles. The Morgan fingerprint density at radius 3 is 2.73 bits per heavy atom. The van der Waals surface area contributed by atoms with Crippen molar-refractivity contribution in [3.8, 4) is 0 Å². The average molecular weight is 385 g/mol. The van der Waals surface area contributed by atoms with Crippen LogP contribution in [0, 0.1) is 5.41 Å². The number of amides is 1. The highest BCUT2D eigenvalue weighted by Gasteiger charge is 2.40. The van der Waals surface area contributed by atoms with Crippen molar-refractivity contribution in [2.45, 2.75) is 38.5 Å². The number of pyridine rings is 1. The summed E-state index contributed by atoms with van der Waals surface area (Å²) in [5.74, 6) is 0.110. The van der Waals surface area contributed by atoms with Crippen LogP contribution in [0.2, 0.25) is 4.34 Å². The molecule has 134 valence electrons. The van der Waals surface area contributed by atoms with E-state index in [9.17, 15) is 4.79 Å². The van der Waals surface area contributed by atoms with Gasteiger partial charge in [0.25, 0.3) is 0 Å². The Balaban J connectivity index is 1.59. The topological polar surface area (TPSA) is 42.0 Å². The minimum atomic E-state index is -0.349. The number of rotatable bonds is 4. The minimum absolute atomic E-state index is 0.110. The van der Waals surface area contributed by atoms with E-state index in [4.69, 9.17) is 11.6 Å². The molecule has 0 aliphatic heterocycles. The van der Waals surface area contributed by atoms with Gasteiger partial charge < -0.3 is 5.32 Å². The summed E-state index contributed by atoms with van der Waals surface area (Å²) in [6.07, 6.45) is 7.77. The zero-order valence-electron chi connectivity index (χ0n) is 14.5. The molecule has 1 amide bonds. The van der Waals surface area contributed by atoms with Gasteiger partial charge in [-0.15, -0.1) is 11.3 Å². The second-order valence-corrected chi connectivity index (χ2v) is 8.89. The fourth-order valence-corrected chi connectivity index (χ4v) is 5.13. The van der Waals surface area contributed by atoms with Gasteiger partial charge in [0, 0.05) is 10.3 Å². The van der Waals surface area contributed by atoms with Gasteiger partial charge in [0.05, 0.1) is 27.2 Å². The maximum atomic E-state index is 13.3. The summed E-state index contributed by atoms with van der Waals surface area (Å²) in [6, 6.07) is 13.9. The molecule has 1 aromatic carbocycles. The molecule has 0 atom stereocenters. The third-order valence-electron chi connectivity index (χ3n) is 5.28. The molecule has 0 radical (unpaired) electrons. The molecule has 3 nitrogen and oxygen atoms in total. The first kappa shape index (κ1) is 17.5. The maximum Gasteiger partial charge on any atom is 0.230 e. The molecule has 0 spiro atoms. The maximum absolute atomic E-state index is 13.3. The number of fused-ring (bicyclic) bond motifs is 1. The lowest BCUT2D eigenvalue weighted by molar-refractivity contribution is -0.127. The van der Waals surface area contributed by atoms with Gasteiger partial charge in [0.1, 0.15) is 0 Å². The quantitative estimate of drug-likeness (QED) is 0.592. The number of hydrogen-bond acceptors (Lipinski definition) is 3. The number of carbonyl (C=O) groups is 1. The lowest BCUT2D eigenvalue weighted by Gasteiger charge is -2.35. The van der Waals surface area contributed by atoms with Gasteiger partial charge >= 0.3 is 0 Å². The molecule has 2 heterocycles. The van der Waals surface area contributed by atoms with Gasteiger partial charge in [-0.2, -0.15) is 0 Å². The molecule has 1 N–H and O–H groups in total. The lowest BCUT2D eigenvalue weighted by Crippen LogP contribution is -2.39. The van der Waals surface area contributed by atoms with E-state index in [0.29, 0.717) is 0 Å². The monoisotopic (exact) mass is 384 g/mol. The Bertz CT molecular complexity index is 930. The van der Waals surface area contributed by atoms with E-state index in [0.717, 1.165) is 53.0 Å². The van der Waals surface area contributed by atoms with E-state index in [2.05, 4.69) is 10.3 Å². The van der Waals surface area contributed by atoms with E-state index in [-0.39, 0.29) is 11.3 Å². The highest BCUT2D eigenvalue weighted by molar-refractivity contribution is 7.16. The number of para-hydroxylation sites is 1. The van der Waals surface area contributed by atoms with Crippen molar-refractivity contribution in [2.75, 3.05) is 5.32 Å². The van der Waals surface area contributed by atoms with E-state index < -0.39 is 0 Å². The number of halogens is 1. The summed E-state index contributed by atoms with van der Waals surface area (Å²) >= 11 is 7.68. The Morgan fingerprint density at radius 2 is 1.96 bits per heavy atom. The number of aromatic nitrogens is 1. The second-order valence-electron chi connectivity index (χ2n) is 7.09. The number of carbonyl (C=O) groups excluding carboxylic acids is 1. The minimum Gasteiger partial charge on any atom is -0.324 e. The SMILES string of the molecule is O=C(Nc1cnc2ccccc2c1)C1(Cc2ccc(Cl)s2)CCCCC1. The molecule has 26 heavy (non-hydrogen) atoms. The van der Waals surface area contributed by atoms with Crippen LogP contribution in [-0.2, 0) is 11.2 Å². The van der Waals surface area contributed by atoms with Gasteiger partial charge in [-0.1, -0.05) is 49.1 Å². The molecule has 5 heteroatoms. The first-order chi connectivity index (χ1) is 12.6. The van der Waals surface area contributed by atoms with Crippen LogP contribution in [-0.4, -0.2) is 10.9 Å². The van der Waals surface area contributed by atoms with Crippen LogP contribution in [0.4, 0.5) is 5.69 Å². The first-order valence-corrected chi connectivity index (χ1v) is 10.2. The number of nitrogens with one attached hydrogen (secondary N) is 1. The van der Waals surface area contributed by atoms with E-state index in [1.165, 1.54) is 11.3 Å². The molecule has 0 saturated heterocycles. The standard InChI is InChI=1S/C21H21ClN2OS/c22-19-9-8-17(26-19)13-21(10-4-1-5-11-21)20(25)24-16-12-15-6-2-3-7-18(15)23-14-16/h2-3,6-9,12,14H,1,4-5,10-11,13H2,(H,24,25). The number of thiophene rings is 1. The van der Waals surface area contributed by atoms with Crippen LogP contribution in [0.1, 0.15) is 37.0 Å². The first-order valence-electron chi connectivity index (χ1n) is 9.05.